The smallest absolute Gasteiger partial charge is 0.346 e. The second kappa shape index (κ2) is 4.97. The van der Waals surface area contributed by atoms with Crippen LogP contribution in [0.3, 0.4) is 0 Å². The van der Waals surface area contributed by atoms with Gasteiger partial charge in [-0.15, -0.1) is 0 Å². The van der Waals surface area contributed by atoms with Gasteiger partial charge in [-0.3, -0.25) is 4.79 Å². The van der Waals surface area contributed by atoms with Crippen LogP contribution in [0, 0.1) is 5.92 Å². The molecule has 19 heavy (non-hydrogen) atoms. The molecule has 0 aromatic rings. The van der Waals surface area contributed by atoms with Crippen LogP contribution in [-0.4, -0.2) is 36.8 Å². The second-order valence-electron chi connectivity index (χ2n) is 4.93. The molecule has 1 unspecified atom stereocenters. The van der Waals surface area contributed by atoms with E-state index in [0.717, 1.165) is 25.9 Å². The van der Waals surface area contributed by atoms with Crippen molar-refractivity contribution in [3.63, 3.8) is 0 Å². The Morgan fingerprint density at radius 1 is 1.37 bits per heavy atom. The third-order valence-electron chi connectivity index (χ3n) is 3.54. The van der Waals surface area contributed by atoms with E-state index in [-0.39, 0.29) is 23.9 Å². The van der Waals surface area contributed by atoms with E-state index in [2.05, 4.69) is 20.9 Å². The zero-order valence-corrected chi connectivity index (χ0v) is 10.5. The van der Waals surface area contributed by atoms with Crippen molar-refractivity contribution in [2.24, 2.45) is 10.9 Å². The van der Waals surface area contributed by atoms with Crippen molar-refractivity contribution in [2.75, 3.05) is 13.1 Å². The number of piperidine rings is 1. The molecule has 3 aliphatic rings. The molecule has 0 radical (unpaired) electrons. The molecule has 6 heteroatoms. The molecule has 0 spiro atoms. The highest BCUT2D eigenvalue weighted by molar-refractivity contribution is 6.19. The first-order valence-corrected chi connectivity index (χ1v) is 6.53. The minimum absolute atomic E-state index is 0.0177. The summed E-state index contributed by atoms with van der Waals surface area (Å²) in [5, 5.41) is 8.94. The van der Waals surface area contributed by atoms with Gasteiger partial charge in [-0.1, -0.05) is 6.08 Å². The van der Waals surface area contributed by atoms with E-state index >= 15 is 0 Å². The Balaban J connectivity index is 1.64. The van der Waals surface area contributed by atoms with E-state index in [1.165, 1.54) is 0 Å². The number of carbonyl (C=O) groups is 2. The zero-order valence-electron chi connectivity index (χ0n) is 10.5. The molecule has 3 rings (SSSR count). The number of aliphatic imine (C=N–C) groups is 1. The lowest BCUT2D eigenvalue weighted by atomic mass is 9.98. The van der Waals surface area contributed by atoms with Crippen LogP contribution in [0.5, 0.6) is 0 Å². The first kappa shape index (κ1) is 12.1. The summed E-state index contributed by atoms with van der Waals surface area (Å²) < 4.78 is 0. The molecule has 0 aromatic heterocycles. The van der Waals surface area contributed by atoms with Crippen LogP contribution in [0.2, 0.25) is 0 Å². The number of nitrogens with zero attached hydrogens (tertiary/aromatic N) is 1. The minimum Gasteiger partial charge on any atom is -0.352 e. The first-order valence-electron chi connectivity index (χ1n) is 6.53. The van der Waals surface area contributed by atoms with E-state index in [1.807, 2.05) is 0 Å². The van der Waals surface area contributed by atoms with Gasteiger partial charge in [0.15, 0.2) is 0 Å². The van der Waals surface area contributed by atoms with Crippen molar-refractivity contribution in [2.45, 2.75) is 18.9 Å². The molecule has 0 saturated carbocycles. The molecule has 1 saturated heterocycles. The maximum Gasteiger partial charge on any atom is 0.346 e. The molecule has 1 fully saturated rings. The number of allylic oxidation sites excluding steroid dienone is 1. The topological polar surface area (TPSA) is 82.6 Å². The third-order valence-corrected chi connectivity index (χ3v) is 3.54. The Hall–Kier alpha value is -1.95. The number of hydrogen-bond donors (Lipinski definition) is 3. The van der Waals surface area contributed by atoms with Gasteiger partial charge in [-0.2, -0.15) is 4.99 Å². The predicted octanol–water partition coefficient (Wildman–Crippen LogP) is 0.0887. The summed E-state index contributed by atoms with van der Waals surface area (Å²) >= 11 is 0. The molecule has 0 bridgehead atoms. The quantitative estimate of drug-likeness (QED) is 0.658. The highest BCUT2D eigenvalue weighted by Crippen LogP contribution is 2.17. The van der Waals surface area contributed by atoms with E-state index in [1.54, 1.807) is 18.2 Å². The molecule has 1 atom stereocenters. The third kappa shape index (κ3) is 2.58. The van der Waals surface area contributed by atoms with Gasteiger partial charge in [-0.05, 0) is 38.1 Å². The SMILES string of the molecule is O=C1N=C2C=CC(C(=O)NC3CCNCC3)C=C2N1. The molecule has 1 aliphatic carbocycles. The Labute approximate surface area is 111 Å². The number of hydrogen-bond acceptors (Lipinski definition) is 3. The lowest BCUT2D eigenvalue weighted by Crippen LogP contribution is -2.44. The average Bonchev–Trinajstić information content (AvgIpc) is 2.78. The maximum atomic E-state index is 12.2. The molecule has 100 valence electrons. The molecule has 3 N–H and O–H groups in total. The number of urea groups is 1. The predicted molar refractivity (Wildman–Crippen MR) is 70.7 cm³/mol. The molecule has 6 nitrogen and oxygen atoms in total. The first-order chi connectivity index (χ1) is 9.22. The molecule has 2 heterocycles. The van der Waals surface area contributed by atoms with Crippen molar-refractivity contribution >= 4 is 17.6 Å². The van der Waals surface area contributed by atoms with Crippen molar-refractivity contribution < 1.29 is 9.59 Å². The summed E-state index contributed by atoms with van der Waals surface area (Å²) in [6.45, 7) is 1.89. The van der Waals surface area contributed by atoms with Gasteiger partial charge < -0.3 is 16.0 Å². The summed E-state index contributed by atoms with van der Waals surface area (Å²) in [5.41, 5.74) is 1.24. The van der Waals surface area contributed by atoms with Gasteiger partial charge in [-0.25, -0.2) is 4.79 Å². The van der Waals surface area contributed by atoms with Crippen molar-refractivity contribution in [1.82, 2.24) is 16.0 Å². The summed E-state index contributed by atoms with van der Waals surface area (Å²) in [5.74, 6) is -0.349. The Morgan fingerprint density at radius 3 is 2.95 bits per heavy atom. The van der Waals surface area contributed by atoms with Crippen molar-refractivity contribution in [3.8, 4) is 0 Å². The molecule has 0 aromatic carbocycles. The fraction of sp³-hybridized carbons (Fsp3) is 0.462. The summed E-state index contributed by atoms with van der Waals surface area (Å²) in [6, 6.07) is -0.126. The van der Waals surface area contributed by atoms with Crippen molar-refractivity contribution in [3.05, 3.63) is 23.9 Å². The van der Waals surface area contributed by atoms with Gasteiger partial charge >= 0.3 is 6.03 Å². The van der Waals surface area contributed by atoms with Crippen LogP contribution in [0.15, 0.2) is 28.9 Å². The maximum absolute atomic E-state index is 12.2. The molecular formula is C13H16N4O2. The lowest BCUT2D eigenvalue weighted by molar-refractivity contribution is -0.123. The monoisotopic (exact) mass is 260 g/mol. The Bertz CT molecular complexity index is 501. The minimum atomic E-state index is -0.370. The van der Waals surface area contributed by atoms with E-state index in [9.17, 15) is 9.59 Å². The van der Waals surface area contributed by atoms with Crippen LogP contribution >= 0.6 is 0 Å². The standard InChI is InChI=1S/C13H16N4O2/c18-12(15-9-3-5-14-6-4-9)8-1-2-10-11(7-8)17-13(19)16-10/h1-2,7-9,14H,3-6H2,(H,15,18)(H,17,19). The fourth-order valence-electron chi connectivity index (χ4n) is 2.49. The zero-order chi connectivity index (χ0) is 13.2. The number of rotatable bonds is 2. The fourth-order valence-corrected chi connectivity index (χ4v) is 2.49. The van der Waals surface area contributed by atoms with E-state index < -0.39 is 0 Å². The summed E-state index contributed by atoms with van der Waals surface area (Å²) in [7, 11) is 0. The second-order valence-corrected chi connectivity index (χ2v) is 4.93. The van der Waals surface area contributed by atoms with Gasteiger partial charge in [0, 0.05) is 6.04 Å². The van der Waals surface area contributed by atoms with E-state index in [0.29, 0.717) is 11.4 Å². The van der Waals surface area contributed by atoms with Gasteiger partial charge in [0.25, 0.3) is 0 Å². The molecular weight excluding hydrogens is 244 g/mol. The molecule has 2 aliphatic heterocycles. The van der Waals surface area contributed by atoms with Crippen LogP contribution in [-0.2, 0) is 4.79 Å². The Kier molecular flexibility index (Phi) is 3.16. The summed E-state index contributed by atoms with van der Waals surface area (Å²) in [6.07, 6.45) is 7.17. The lowest BCUT2D eigenvalue weighted by Gasteiger charge is -2.25. The van der Waals surface area contributed by atoms with Crippen molar-refractivity contribution in [1.29, 1.82) is 0 Å². The number of carbonyl (C=O) groups excluding carboxylic acids is 2. The van der Waals surface area contributed by atoms with Crippen LogP contribution in [0.4, 0.5) is 4.79 Å². The molecule has 3 amide bonds. The summed E-state index contributed by atoms with van der Waals surface area (Å²) in [4.78, 5) is 27.1. The van der Waals surface area contributed by atoms with Crippen LogP contribution in [0.25, 0.3) is 0 Å². The number of nitrogens with one attached hydrogen (secondary N) is 3. The number of amides is 3. The largest absolute Gasteiger partial charge is 0.352 e. The van der Waals surface area contributed by atoms with Gasteiger partial charge in [0.1, 0.15) is 0 Å². The van der Waals surface area contributed by atoms with E-state index in [4.69, 9.17) is 0 Å². The average molecular weight is 260 g/mol. The Morgan fingerprint density at radius 2 is 2.16 bits per heavy atom. The normalized spacial score (nSPS) is 26.3. The van der Waals surface area contributed by atoms with Gasteiger partial charge in [0.2, 0.25) is 5.91 Å². The highest BCUT2D eigenvalue weighted by atomic mass is 16.2. The van der Waals surface area contributed by atoms with Crippen LogP contribution < -0.4 is 16.0 Å². The van der Waals surface area contributed by atoms with Gasteiger partial charge in [0.05, 0.1) is 17.3 Å². The van der Waals surface area contributed by atoms with Crippen LogP contribution in [0.1, 0.15) is 12.8 Å². The highest BCUT2D eigenvalue weighted by Gasteiger charge is 2.26. The number of fused-ring (bicyclic) bond motifs is 1.